The van der Waals surface area contributed by atoms with E-state index in [2.05, 4.69) is 35.2 Å². The molecule has 0 spiro atoms. The molecule has 1 aromatic rings. The Morgan fingerprint density at radius 1 is 1.16 bits per heavy atom. The van der Waals surface area contributed by atoms with Crippen molar-refractivity contribution < 1.29 is 19.6 Å². The lowest BCUT2D eigenvalue weighted by molar-refractivity contribution is -0.191. The molecule has 1 atom stereocenters. The van der Waals surface area contributed by atoms with Gasteiger partial charge >= 0.3 is 13.3 Å². The Balaban J connectivity index is 0.000000970. The minimum Gasteiger partial charge on any atom is -0.427 e. The number of benzene rings is 1. The molecule has 0 amide bonds. The monoisotopic (exact) mass is 348 g/mol. The summed E-state index contributed by atoms with van der Waals surface area (Å²) < 4.78 is 0. The maximum absolute atomic E-state index is 8.84. The Bertz CT molecular complexity index is 487. The van der Waals surface area contributed by atoms with Gasteiger partial charge in [-0.05, 0) is 50.2 Å². The topological polar surface area (TPSA) is 104 Å². The lowest BCUT2D eigenvalue weighted by Crippen LogP contribution is -2.40. The summed E-state index contributed by atoms with van der Waals surface area (Å²) >= 11 is 0. The molecule has 138 valence electrons. The smallest absolute Gasteiger partial charge is 0.427 e. The van der Waals surface area contributed by atoms with Crippen LogP contribution in [-0.4, -0.2) is 47.3 Å². The van der Waals surface area contributed by atoms with E-state index in [0.29, 0.717) is 12.2 Å². The van der Waals surface area contributed by atoms with Crippen molar-refractivity contribution in [2.75, 3.05) is 13.1 Å². The summed E-state index contributed by atoms with van der Waals surface area (Å²) in [5.74, 6) is 0.617. The van der Waals surface area contributed by atoms with Gasteiger partial charge < -0.3 is 15.8 Å². The lowest BCUT2D eigenvalue weighted by Gasteiger charge is -2.34. The van der Waals surface area contributed by atoms with Crippen LogP contribution in [0.3, 0.4) is 0 Å². The standard InChI is InChI=1S/C17H29BN2O2.CO2/c19-17(8-4-5-11-18(21)22)16-9-12-20(13-10-16)14-15-6-2-1-3-7-15;2-1-3/h1-3,6-7,16-17,21-22H,4-5,8-14,19H2;. The summed E-state index contributed by atoms with van der Waals surface area (Å²) in [5, 5.41) is 17.7. The van der Waals surface area contributed by atoms with E-state index in [4.69, 9.17) is 25.4 Å². The molecule has 1 aliphatic rings. The number of carbonyl (C=O) groups excluding carboxylic acids is 2. The SMILES string of the molecule is NC(CCCCB(O)O)C1CCN(Cc2ccccc2)CC1.O=C=O. The average molecular weight is 348 g/mol. The number of hydrogen-bond donors (Lipinski definition) is 3. The highest BCUT2D eigenvalue weighted by Gasteiger charge is 2.24. The van der Waals surface area contributed by atoms with Crippen molar-refractivity contribution in [2.24, 2.45) is 11.7 Å². The van der Waals surface area contributed by atoms with E-state index in [0.717, 1.165) is 38.9 Å². The number of likely N-dealkylation sites (tertiary alicyclic amines) is 1. The average Bonchev–Trinajstić information content (AvgIpc) is 2.60. The van der Waals surface area contributed by atoms with Crippen molar-refractivity contribution in [1.29, 1.82) is 0 Å². The van der Waals surface area contributed by atoms with Crippen LogP contribution in [-0.2, 0) is 16.1 Å². The predicted molar refractivity (Wildman–Crippen MR) is 96.3 cm³/mol. The van der Waals surface area contributed by atoms with Crippen LogP contribution in [0.4, 0.5) is 0 Å². The fraction of sp³-hybridized carbons (Fsp3) is 0.611. The van der Waals surface area contributed by atoms with E-state index in [9.17, 15) is 0 Å². The summed E-state index contributed by atoms with van der Waals surface area (Å²) in [6, 6.07) is 10.9. The summed E-state index contributed by atoms with van der Waals surface area (Å²) in [4.78, 5) is 18.8. The van der Waals surface area contributed by atoms with E-state index in [-0.39, 0.29) is 12.2 Å². The molecule has 25 heavy (non-hydrogen) atoms. The van der Waals surface area contributed by atoms with E-state index in [1.807, 2.05) is 0 Å². The minimum absolute atomic E-state index is 0.250. The molecule has 1 aromatic carbocycles. The van der Waals surface area contributed by atoms with Crippen LogP contribution in [0, 0.1) is 5.92 Å². The zero-order chi connectivity index (χ0) is 18.5. The zero-order valence-corrected chi connectivity index (χ0v) is 14.7. The predicted octanol–water partition coefficient (Wildman–Crippen LogP) is 1.29. The van der Waals surface area contributed by atoms with E-state index >= 15 is 0 Å². The van der Waals surface area contributed by atoms with Crippen LogP contribution in [0.5, 0.6) is 0 Å². The Morgan fingerprint density at radius 3 is 2.32 bits per heavy atom. The molecule has 1 heterocycles. The van der Waals surface area contributed by atoms with Gasteiger partial charge in [-0.3, -0.25) is 4.90 Å². The largest absolute Gasteiger partial charge is 0.451 e. The van der Waals surface area contributed by atoms with Crippen LogP contribution in [0.25, 0.3) is 0 Å². The van der Waals surface area contributed by atoms with Gasteiger partial charge in [0.2, 0.25) is 0 Å². The van der Waals surface area contributed by atoms with Gasteiger partial charge in [0.25, 0.3) is 0 Å². The molecule has 7 heteroatoms. The molecule has 1 fully saturated rings. The first-order valence-electron chi connectivity index (χ1n) is 8.94. The molecule has 0 aromatic heterocycles. The van der Waals surface area contributed by atoms with E-state index in [1.54, 1.807) is 0 Å². The van der Waals surface area contributed by atoms with Crippen molar-refractivity contribution in [3.05, 3.63) is 35.9 Å². The molecule has 1 aliphatic heterocycles. The zero-order valence-electron chi connectivity index (χ0n) is 14.7. The first kappa shape index (κ1) is 21.5. The van der Waals surface area contributed by atoms with Gasteiger partial charge in [-0.15, -0.1) is 0 Å². The molecule has 0 bridgehead atoms. The van der Waals surface area contributed by atoms with Crippen LogP contribution in [0.15, 0.2) is 30.3 Å². The fourth-order valence-corrected chi connectivity index (χ4v) is 3.32. The first-order valence-corrected chi connectivity index (χ1v) is 8.94. The molecular formula is C18H29BN2O4. The summed E-state index contributed by atoms with van der Waals surface area (Å²) in [7, 11) is -1.17. The van der Waals surface area contributed by atoms with Crippen LogP contribution < -0.4 is 5.73 Å². The number of hydrogen-bond acceptors (Lipinski definition) is 6. The Labute approximate surface area is 150 Å². The summed E-state index contributed by atoms with van der Waals surface area (Å²) in [6.45, 7) is 3.29. The molecule has 2 rings (SSSR count). The van der Waals surface area contributed by atoms with Gasteiger partial charge in [0.1, 0.15) is 0 Å². The molecule has 4 N–H and O–H groups in total. The van der Waals surface area contributed by atoms with Crippen molar-refractivity contribution in [3.8, 4) is 0 Å². The molecule has 1 saturated heterocycles. The van der Waals surface area contributed by atoms with Crippen molar-refractivity contribution in [1.82, 2.24) is 4.90 Å². The van der Waals surface area contributed by atoms with Gasteiger partial charge in [-0.2, -0.15) is 9.59 Å². The quantitative estimate of drug-likeness (QED) is 0.483. The van der Waals surface area contributed by atoms with E-state index < -0.39 is 7.12 Å². The molecule has 0 saturated carbocycles. The number of nitrogens with two attached hydrogens (primary N) is 1. The third kappa shape index (κ3) is 9.53. The van der Waals surface area contributed by atoms with Crippen LogP contribution in [0.1, 0.15) is 37.7 Å². The fourth-order valence-electron chi connectivity index (χ4n) is 3.32. The second-order valence-electron chi connectivity index (χ2n) is 6.61. The van der Waals surface area contributed by atoms with Gasteiger partial charge in [0.15, 0.2) is 0 Å². The number of unbranched alkanes of at least 4 members (excludes halogenated alkanes) is 1. The van der Waals surface area contributed by atoms with Gasteiger partial charge in [0.05, 0.1) is 0 Å². The Morgan fingerprint density at radius 2 is 1.76 bits per heavy atom. The highest BCUT2D eigenvalue weighted by atomic mass is 16.4. The third-order valence-corrected chi connectivity index (χ3v) is 4.74. The van der Waals surface area contributed by atoms with Crippen molar-refractivity contribution in [2.45, 2.75) is 51.0 Å². The maximum Gasteiger partial charge on any atom is 0.451 e. The number of nitrogens with zero attached hydrogens (tertiary/aromatic N) is 1. The molecule has 0 aliphatic carbocycles. The second-order valence-corrected chi connectivity index (χ2v) is 6.61. The minimum atomic E-state index is -1.17. The highest BCUT2D eigenvalue weighted by Crippen LogP contribution is 2.23. The molecule has 6 nitrogen and oxygen atoms in total. The second kappa shape index (κ2) is 12.8. The van der Waals surface area contributed by atoms with E-state index in [1.165, 1.54) is 18.4 Å². The maximum atomic E-state index is 8.84. The van der Waals surface area contributed by atoms with Gasteiger partial charge in [-0.1, -0.05) is 43.2 Å². The highest BCUT2D eigenvalue weighted by molar-refractivity contribution is 6.40. The number of rotatable bonds is 8. The summed E-state index contributed by atoms with van der Waals surface area (Å²) in [6.07, 6.45) is 5.90. The van der Waals surface area contributed by atoms with Crippen LogP contribution >= 0.6 is 0 Å². The van der Waals surface area contributed by atoms with Gasteiger partial charge in [0, 0.05) is 12.6 Å². The molecular weight excluding hydrogens is 319 g/mol. The number of piperidine rings is 1. The molecule has 1 unspecified atom stereocenters. The Hall–Kier alpha value is -1.50. The van der Waals surface area contributed by atoms with Crippen LogP contribution in [0.2, 0.25) is 6.32 Å². The Kier molecular flexibility index (Phi) is 11.0. The molecule has 0 radical (unpaired) electrons. The summed E-state index contributed by atoms with van der Waals surface area (Å²) in [5.41, 5.74) is 7.70. The first-order chi connectivity index (χ1) is 12.1. The lowest BCUT2D eigenvalue weighted by atomic mass is 9.82. The third-order valence-electron chi connectivity index (χ3n) is 4.74. The van der Waals surface area contributed by atoms with Crippen molar-refractivity contribution >= 4 is 13.3 Å². The van der Waals surface area contributed by atoms with Crippen molar-refractivity contribution in [3.63, 3.8) is 0 Å². The van der Waals surface area contributed by atoms with Gasteiger partial charge in [-0.25, -0.2) is 0 Å². The normalized spacial score (nSPS) is 16.4.